The molecule has 1 aliphatic rings. The molecule has 3 N–H and O–H groups in total. The van der Waals surface area contributed by atoms with Crippen LogP contribution in [0, 0.1) is 0 Å². The van der Waals surface area contributed by atoms with Gasteiger partial charge in [0.1, 0.15) is 5.65 Å². The van der Waals surface area contributed by atoms with Gasteiger partial charge in [0, 0.05) is 18.1 Å². The number of aryl methyl sites for hydroxylation is 1. The van der Waals surface area contributed by atoms with E-state index >= 15 is 0 Å². The molecule has 0 amide bonds. The second kappa shape index (κ2) is 6.35. The van der Waals surface area contributed by atoms with Crippen LogP contribution < -0.4 is 11.1 Å². The maximum Gasteiger partial charge on any atom is 0.193 e. The summed E-state index contributed by atoms with van der Waals surface area (Å²) in [6.07, 6.45) is 8.74. The minimum absolute atomic E-state index is 0.436. The smallest absolute Gasteiger partial charge is 0.193 e. The summed E-state index contributed by atoms with van der Waals surface area (Å²) in [4.78, 5) is 8.98. The van der Waals surface area contributed by atoms with Gasteiger partial charge >= 0.3 is 0 Å². The number of nitrogens with two attached hydrogens (primary N) is 1. The third-order valence-electron chi connectivity index (χ3n) is 4.48. The van der Waals surface area contributed by atoms with E-state index < -0.39 is 0 Å². The Morgan fingerprint density at radius 1 is 1.17 bits per heavy atom. The highest BCUT2D eigenvalue weighted by molar-refractivity contribution is 5.93. The van der Waals surface area contributed by atoms with Crippen LogP contribution >= 0.6 is 0 Å². The van der Waals surface area contributed by atoms with Gasteiger partial charge in [-0.15, -0.1) is 0 Å². The highest BCUT2D eigenvalue weighted by Crippen LogP contribution is 2.27. The number of aromatic nitrogens is 2. The SMILES string of the molecule is NC(=NCc1cn2ccccc2n1)Nc1cccc2c1CCCC2. The van der Waals surface area contributed by atoms with Crippen molar-refractivity contribution in [3.05, 3.63) is 65.6 Å². The molecule has 1 aromatic carbocycles. The molecule has 3 aromatic rings. The number of imidazole rings is 1. The number of fused-ring (bicyclic) bond motifs is 2. The van der Waals surface area contributed by atoms with Gasteiger partial charge < -0.3 is 15.5 Å². The number of guanidine groups is 1. The molecule has 4 rings (SSSR count). The molecule has 0 bridgehead atoms. The number of nitrogens with one attached hydrogen (secondary N) is 1. The van der Waals surface area contributed by atoms with Gasteiger partial charge in [-0.2, -0.15) is 0 Å². The van der Waals surface area contributed by atoms with Crippen molar-refractivity contribution in [2.75, 3.05) is 5.32 Å². The molecule has 2 heterocycles. The average molecular weight is 319 g/mol. The topological polar surface area (TPSA) is 67.7 Å². The first-order chi connectivity index (χ1) is 11.8. The van der Waals surface area contributed by atoms with Gasteiger partial charge in [0.05, 0.1) is 12.2 Å². The largest absolute Gasteiger partial charge is 0.370 e. The molecule has 0 saturated heterocycles. The van der Waals surface area contributed by atoms with Gasteiger partial charge in [-0.05, 0) is 55.0 Å². The van der Waals surface area contributed by atoms with Crippen LogP contribution in [0.4, 0.5) is 5.69 Å². The molecule has 1 aliphatic carbocycles. The van der Waals surface area contributed by atoms with E-state index in [9.17, 15) is 0 Å². The van der Waals surface area contributed by atoms with Crippen molar-refractivity contribution >= 4 is 17.3 Å². The van der Waals surface area contributed by atoms with Crippen molar-refractivity contribution in [2.24, 2.45) is 10.7 Å². The van der Waals surface area contributed by atoms with Crippen LogP contribution in [0.15, 0.2) is 53.8 Å². The molecular formula is C19H21N5. The minimum Gasteiger partial charge on any atom is -0.370 e. The predicted molar refractivity (Wildman–Crippen MR) is 97.2 cm³/mol. The molecule has 2 aromatic heterocycles. The molecule has 0 aliphatic heterocycles. The monoisotopic (exact) mass is 319 g/mol. The Morgan fingerprint density at radius 3 is 3.00 bits per heavy atom. The Kier molecular flexibility index (Phi) is 3.91. The molecule has 0 fully saturated rings. The van der Waals surface area contributed by atoms with Crippen molar-refractivity contribution in [1.29, 1.82) is 0 Å². The molecule has 122 valence electrons. The van der Waals surface area contributed by atoms with Gasteiger partial charge in [0.15, 0.2) is 5.96 Å². The Morgan fingerprint density at radius 2 is 2.08 bits per heavy atom. The van der Waals surface area contributed by atoms with Crippen LogP contribution in [0.1, 0.15) is 29.7 Å². The van der Waals surface area contributed by atoms with E-state index in [0.29, 0.717) is 12.5 Å². The highest BCUT2D eigenvalue weighted by atomic mass is 15.1. The lowest BCUT2D eigenvalue weighted by molar-refractivity contribution is 0.687. The van der Waals surface area contributed by atoms with E-state index in [1.807, 2.05) is 35.0 Å². The second-order valence-corrected chi connectivity index (χ2v) is 6.18. The lowest BCUT2D eigenvalue weighted by atomic mass is 9.90. The van der Waals surface area contributed by atoms with Crippen molar-refractivity contribution in [2.45, 2.75) is 32.2 Å². The van der Waals surface area contributed by atoms with Crippen LogP contribution in [-0.4, -0.2) is 15.3 Å². The minimum atomic E-state index is 0.436. The Labute approximate surface area is 141 Å². The second-order valence-electron chi connectivity index (χ2n) is 6.18. The first-order valence-corrected chi connectivity index (χ1v) is 8.40. The number of anilines is 1. The average Bonchev–Trinajstić information content (AvgIpc) is 3.03. The maximum atomic E-state index is 6.09. The summed E-state index contributed by atoms with van der Waals surface area (Å²) >= 11 is 0. The van der Waals surface area contributed by atoms with Crippen LogP contribution in [0.5, 0.6) is 0 Å². The van der Waals surface area contributed by atoms with Gasteiger partial charge in [-0.3, -0.25) is 0 Å². The van der Waals surface area contributed by atoms with Crippen LogP contribution in [-0.2, 0) is 19.4 Å². The third-order valence-corrected chi connectivity index (χ3v) is 4.48. The number of pyridine rings is 1. The Hall–Kier alpha value is -2.82. The first-order valence-electron chi connectivity index (χ1n) is 8.40. The zero-order valence-electron chi connectivity index (χ0n) is 13.6. The fourth-order valence-corrected chi connectivity index (χ4v) is 3.31. The molecule has 0 radical (unpaired) electrons. The van der Waals surface area contributed by atoms with E-state index in [1.54, 1.807) is 0 Å². The lowest BCUT2D eigenvalue weighted by Gasteiger charge is -2.19. The van der Waals surface area contributed by atoms with Gasteiger partial charge in [-0.25, -0.2) is 9.98 Å². The van der Waals surface area contributed by atoms with Crippen molar-refractivity contribution < 1.29 is 0 Å². The first kappa shape index (κ1) is 14.8. The van der Waals surface area contributed by atoms with Crippen LogP contribution in [0.2, 0.25) is 0 Å². The van der Waals surface area contributed by atoms with Gasteiger partial charge in [0.2, 0.25) is 0 Å². The van der Waals surface area contributed by atoms with Crippen molar-refractivity contribution in [3.63, 3.8) is 0 Å². The van der Waals surface area contributed by atoms with Crippen LogP contribution in [0.3, 0.4) is 0 Å². The summed E-state index contributed by atoms with van der Waals surface area (Å²) in [7, 11) is 0. The molecule has 0 atom stereocenters. The zero-order chi connectivity index (χ0) is 16.4. The lowest BCUT2D eigenvalue weighted by Crippen LogP contribution is -2.24. The number of benzene rings is 1. The van der Waals surface area contributed by atoms with Crippen LogP contribution in [0.25, 0.3) is 5.65 Å². The zero-order valence-corrected chi connectivity index (χ0v) is 13.6. The maximum absolute atomic E-state index is 6.09. The third kappa shape index (κ3) is 2.97. The van der Waals surface area contributed by atoms with E-state index in [2.05, 4.69) is 33.5 Å². The normalized spacial score (nSPS) is 14.6. The number of nitrogens with zero attached hydrogens (tertiary/aromatic N) is 3. The van der Waals surface area contributed by atoms with E-state index in [1.165, 1.54) is 24.0 Å². The molecular weight excluding hydrogens is 298 g/mol. The van der Waals surface area contributed by atoms with Gasteiger partial charge in [0.25, 0.3) is 0 Å². The standard InChI is InChI=1S/C19H21N5/c20-19(21-12-15-13-24-11-4-3-10-18(24)22-15)23-17-9-5-7-14-6-1-2-8-16(14)17/h3-5,7,9-11,13H,1-2,6,8,12H2,(H3,20,21,23). The van der Waals surface area contributed by atoms with Crippen molar-refractivity contribution in [3.8, 4) is 0 Å². The summed E-state index contributed by atoms with van der Waals surface area (Å²) in [6.45, 7) is 0.468. The Balaban J connectivity index is 1.49. The summed E-state index contributed by atoms with van der Waals surface area (Å²) in [5.74, 6) is 0.436. The number of aliphatic imine (C=N–C) groups is 1. The quantitative estimate of drug-likeness (QED) is 0.575. The van der Waals surface area contributed by atoms with E-state index in [-0.39, 0.29) is 0 Å². The molecule has 24 heavy (non-hydrogen) atoms. The predicted octanol–water partition coefficient (Wildman–Crippen LogP) is 3.14. The van der Waals surface area contributed by atoms with Gasteiger partial charge in [-0.1, -0.05) is 18.2 Å². The molecule has 5 heteroatoms. The molecule has 0 unspecified atom stereocenters. The number of hydrogen-bond donors (Lipinski definition) is 2. The summed E-state index contributed by atoms with van der Waals surface area (Å²) < 4.78 is 1.99. The van der Waals surface area contributed by atoms with Crippen molar-refractivity contribution in [1.82, 2.24) is 9.38 Å². The molecule has 0 spiro atoms. The van der Waals surface area contributed by atoms with E-state index in [4.69, 9.17) is 5.73 Å². The number of rotatable bonds is 3. The summed E-state index contributed by atoms with van der Waals surface area (Å²) in [5, 5.41) is 3.27. The summed E-state index contributed by atoms with van der Waals surface area (Å²) in [6, 6.07) is 12.3. The molecule has 5 nitrogen and oxygen atoms in total. The molecule has 0 saturated carbocycles. The van der Waals surface area contributed by atoms with E-state index in [0.717, 1.165) is 29.9 Å². The fraction of sp³-hybridized carbons (Fsp3) is 0.263. The Bertz CT molecular complexity index is 861. The number of hydrogen-bond acceptors (Lipinski definition) is 2. The highest BCUT2D eigenvalue weighted by Gasteiger charge is 2.13. The fourth-order valence-electron chi connectivity index (χ4n) is 3.31. The summed E-state index contributed by atoms with van der Waals surface area (Å²) in [5.41, 5.74) is 11.8.